The number of fused-ring (bicyclic) bond motifs is 1. The number of carbonyl (C=O) groups excluding carboxylic acids is 2. The van der Waals surface area contributed by atoms with Gasteiger partial charge in [-0.15, -0.1) is 0 Å². The monoisotopic (exact) mass is 478 g/mol. The van der Waals surface area contributed by atoms with E-state index in [1.165, 1.54) is 0 Å². The van der Waals surface area contributed by atoms with Crippen molar-refractivity contribution in [3.8, 4) is 11.6 Å². The van der Waals surface area contributed by atoms with Crippen LogP contribution in [0, 0.1) is 5.92 Å². The molecule has 0 radical (unpaired) electrons. The highest BCUT2D eigenvalue weighted by Gasteiger charge is 2.27. The van der Waals surface area contributed by atoms with E-state index < -0.39 is 5.60 Å². The van der Waals surface area contributed by atoms with Gasteiger partial charge >= 0.3 is 6.09 Å². The van der Waals surface area contributed by atoms with Crippen molar-refractivity contribution in [2.45, 2.75) is 59.2 Å². The molecular weight excluding hydrogens is 444 g/mol. The van der Waals surface area contributed by atoms with Gasteiger partial charge in [0.05, 0.1) is 11.7 Å². The third-order valence-electron chi connectivity index (χ3n) is 5.85. The molecule has 2 aromatic heterocycles. The lowest BCUT2D eigenvalue weighted by molar-refractivity contribution is -0.118. The molecule has 0 spiro atoms. The zero-order valence-electron chi connectivity index (χ0n) is 21.1. The molecule has 0 aliphatic carbocycles. The van der Waals surface area contributed by atoms with Gasteiger partial charge in [-0.05, 0) is 57.2 Å². The van der Waals surface area contributed by atoms with Gasteiger partial charge in [-0.25, -0.2) is 9.78 Å². The molecule has 0 atom stereocenters. The average Bonchev–Trinajstić information content (AvgIpc) is 3.22. The second-order valence-corrected chi connectivity index (χ2v) is 10.2. The summed E-state index contributed by atoms with van der Waals surface area (Å²) in [6.45, 7) is 10.6. The zero-order chi connectivity index (χ0) is 25.2. The summed E-state index contributed by atoms with van der Waals surface area (Å²) in [7, 11) is 0. The predicted molar refractivity (Wildman–Crippen MR) is 136 cm³/mol. The second kappa shape index (κ2) is 9.98. The molecule has 1 aromatic carbocycles. The van der Waals surface area contributed by atoms with E-state index in [4.69, 9.17) is 9.47 Å². The van der Waals surface area contributed by atoms with Crippen molar-refractivity contribution in [1.82, 2.24) is 14.5 Å². The number of aromatic nitrogens is 2. The lowest BCUT2D eigenvalue weighted by atomic mass is 10.1. The molecule has 8 heteroatoms. The van der Waals surface area contributed by atoms with Crippen molar-refractivity contribution in [2.75, 3.05) is 18.4 Å². The maximum Gasteiger partial charge on any atom is 0.410 e. The summed E-state index contributed by atoms with van der Waals surface area (Å²) in [6.07, 6.45) is 4.97. The number of piperidine rings is 1. The Hall–Kier alpha value is -3.55. The van der Waals surface area contributed by atoms with Gasteiger partial charge in [-0.2, -0.15) is 0 Å². The van der Waals surface area contributed by atoms with Gasteiger partial charge in [0.1, 0.15) is 23.3 Å². The van der Waals surface area contributed by atoms with Gasteiger partial charge in [-0.1, -0.05) is 13.8 Å². The number of anilines is 1. The van der Waals surface area contributed by atoms with Crippen LogP contribution < -0.4 is 10.1 Å². The third-order valence-corrected chi connectivity index (χ3v) is 5.85. The normalized spacial score (nSPS) is 14.9. The van der Waals surface area contributed by atoms with E-state index >= 15 is 0 Å². The molecule has 1 aliphatic heterocycles. The van der Waals surface area contributed by atoms with E-state index in [1.807, 2.05) is 81.8 Å². The van der Waals surface area contributed by atoms with Gasteiger partial charge in [0.25, 0.3) is 0 Å². The summed E-state index contributed by atoms with van der Waals surface area (Å²) in [4.78, 5) is 30.6. The van der Waals surface area contributed by atoms with E-state index in [1.54, 1.807) is 11.1 Å². The first-order valence-corrected chi connectivity index (χ1v) is 12.1. The minimum absolute atomic E-state index is 0.00319. The van der Waals surface area contributed by atoms with Crippen LogP contribution in [0.4, 0.5) is 10.5 Å². The van der Waals surface area contributed by atoms with Crippen LogP contribution in [0.25, 0.3) is 16.7 Å². The van der Waals surface area contributed by atoms with E-state index in [-0.39, 0.29) is 24.0 Å². The predicted octanol–water partition coefficient (Wildman–Crippen LogP) is 5.40. The largest absolute Gasteiger partial charge is 0.489 e. The molecule has 3 heterocycles. The quantitative estimate of drug-likeness (QED) is 0.531. The summed E-state index contributed by atoms with van der Waals surface area (Å²) in [5, 5.41) is 3.96. The molecule has 0 bridgehead atoms. The van der Waals surface area contributed by atoms with Crippen LogP contribution in [0.3, 0.4) is 0 Å². The van der Waals surface area contributed by atoms with Crippen molar-refractivity contribution in [3.05, 3.63) is 48.8 Å². The second-order valence-electron chi connectivity index (χ2n) is 10.2. The van der Waals surface area contributed by atoms with Gasteiger partial charge < -0.3 is 24.3 Å². The van der Waals surface area contributed by atoms with Crippen LogP contribution in [-0.2, 0) is 9.53 Å². The number of rotatable bonds is 5. The van der Waals surface area contributed by atoms with E-state index in [2.05, 4.69) is 10.3 Å². The molecule has 3 aromatic rings. The Morgan fingerprint density at radius 3 is 2.46 bits per heavy atom. The summed E-state index contributed by atoms with van der Waals surface area (Å²) in [5.41, 5.74) is 1.29. The highest BCUT2D eigenvalue weighted by Crippen LogP contribution is 2.25. The number of ether oxygens (including phenoxy) is 2. The van der Waals surface area contributed by atoms with Crippen molar-refractivity contribution in [3.63, 3.8) is 0 Å². The SMILES string of the molecule is CC(C)C(=O)Nc1ccc2c(ccn2-c2ccc(OC3CCN(C(=O)OC(C)(C)C)CC3)cn2)c1. The van der Waals surface area contributed by atoms with Crippen LogP contribution in [0.15, 0.2) is 48.8 Å². The van der Waals surface area contributed by atoms with Crippen LogP contribution in [0.2, 0.25) is 0 Å². The minimum Gasteiger partial charge on any atom is -0.489 e. The maximum atomic E-state index is 12.2. The van der Waals surface area contributed by atoms with Gasteiger partial charge in [0.15, 0.2) is 0 Å². The van der Waals surface area contributed by atoms with Gasteiger partial charge in [0, 0.05) is 49.1 Å². The topological polar surface area (TPSA) is 85.7 Å². The minimum atomic E-state index is -0.491. The van der Waals surface area contributed by atoms with Crippen molar-refractivity contribution < 1.29 is 19.1 Å². The molecule has 8 nitrogen and oxygen atoms in total. The lowest BCUT2D eigenvalue weighted by Crippen LogP contribution is -2.44. The molecule has 0 saturated carbocycles. The highest BCUT2D eigenvalue weighted by atomic mass is 16.6. The van der Waals surface area contributed by atoms with Gasteiger partial charge in [-0.3, -0.25) is 4.79 Å². The third kappa shape index (κ3) is 6.12. The van der Waals surface area contributed by atoms with E-state index in [0.717, 1.165) is 35.2 Å². The lowest BCUT2D eigenvalue weighted by Gasteiger charge is -2.33. The summed E-state index contributed by atoms with van der Waals surface area (Å²) >= 11 is 0. The summed E-state index contributed by atoms with van der Waals surface area (Å²) in [5.74, 6) is 1.42. The number of nitrogens with zero attached hydrogens (tertiary/aromatic N) is 3. The Balaban J connectivity index is 1.36. The number of hydrogen-bond donors (Lipinski definition) is 1. The number of amides is 2. The fraction of sp³-hybridized carbons (Fsp3) is 0.444. The number of hydrogen-bond acceptors (Lipinski definition) is 5. The fourth-order valence-corrected chi connectivity index (χ4v) is 3.97. The van der Waals surface area contributed by atoms with E-state index in [9.17, 15) is 9.59 Å². The fourth-order valence-electron chi connectivity index (χ4n) is 3.97. The molecule has 1 saturated heterocycles. The Morgan fingerprint density at radius 1 is 1.09 bits per heavy atom. The number of pyridine rings is 1. The smallest absolute Gasteiger partial charge is 0.410 e. The Labute approximate surface area is 206 Å². The number of carbonyl (C=O) groups is 2. The molecule has 2 amide bonds. The van der Waals surface area contributed by atoms with Crippen molar-refractivity contribution >= 4 is 28.6 Å². The molecule has 4 rings (SSSR count). The molecular formula is C27H34N4O4. The molecule has 1 N–H and O–H groups in total. The molecule has 1 aliphatic rings. The molecule has 0 unspecified atom stereocenters. The molecule has 1 fully saturated rings. The van der Waals surface area contributed by atoms with Gasteiger partial charge in [0.2, 0.25) is 5.91 Å². The standard InChI is InChI=1S/C27H34N4O4/c1-18(2)25(32)29-20-6-8-23-19(16-20)10-15-31(23)24-9-7-22(17-28-24)34-21-11-13-30(14-12-21)26(33)35-27(3,4)5/h6-10,15-18,21H,11-14H2,1-5H3,(H,29,32). The number of nitrogens with one attached hydrogen (secondary N) is 1. The van der Waals surface area contributed by atoms with Crippen LogP contribution in [-0.4, -0.2) is 51.2 Å². The Kier molecular flexibility index (Phi) is 7.00. The Morgan fingerprint density at radius 2 is 1.83 bits per heavy atom. The highest BCUT2D eigenvalue weighted by molar-refractivity contribution is 5.95. The first-order chi connectivity index (χ1) is 16.6. The van der Waals surface area contributed by atoms with Crippen LogP contribution in [0.1, 0.15) is 47.5 Å². The van der Waals surface area contributed by atoms with E-state index in [0.29, 0.717) is 18.8 Å². The number of benzene rings is 1. The summed E-state index contributed by atoms with van der Waals surface area (Å²) < 4.78 is 13.6. The van der Waals surface area contributed by atoms with Crippen molar-refractivity contribution in [1.29, 1.82) is 0 Å². The first-order valence-electron chi connectivity index (χ1n) is 12.1. The Bertz CT molecular complexity index is 1190. The van der Waals surface area contributed by atoms with Crippen LogP contribution >= 0.6 is 0 Å². The summed E-state index contributed by atoms with van der Waals surface area (Å²) in [6, 6.07) is 11.7. The maximum absolute atomic E-state index is 12.2. The zero-order valence-corrected chi connectivity index (χ0v) is 21.1. The number of likely N-dealkylation sites (tertiary alicyclic amines) is 1. The average molecular weight is 479 g/mol. The van der Waals surface area contributed by atoms with Crippen molar-refractivity contribution in [2.24, 2.45) is 5.92 Å². The molecule has 35 heavy (non-hydrogen) atoms. The van der Waals surface area contributed by atoms with Crippen LogP contribution in [0.5, 0.6) is 5.75 Å². The first kappa shape index (κ1) is 24.6. The molecule has 186 valence electrons.